The average Bonchev–Trinajstić information content (AvgIpc) is 2.66. The molecule has 2 aromatic rings. The second-order valence-electron chi connectivity index (χ2n) is 7.62. The van der Waals surface area contributed by atoms with Crippen LogP contribution in [0, 0.1) is 0 Å². The van der Waals surface area contributed by atoms with Crippen LogP contribution in [0.5, 0.6) is 5.75 Å². The summed E-state index contributed by atoms with van der Waals surface area (Å²) in [7, 11) is 1.53. The number of nitrogens with zero attached hydrogens (tertiary/aromatic N) is 1. The maximum atomic E-state index is 12.8. The molecule has 1 aliphatic heterocycles. The van der Waals surface area contributed by atoms with Gasteiger partial charge in [0.2, 0.25) is 0 Å². The Morgan fingerprint density at radius 1 is 1.21 bits per heavy atom. The van der Waals surface area contributed by atoms with Crippen LogP contribution in [-0.4, -0.2) is 35.4 Å². The molecule has 154 valence electrons. The summed E-state index contributed by atoms with van der Waals surface area (Å²) >= 11 is 1.65. The van der Waals surface area contributed by atoms with Gasteiger partial charge in [-0.15, -0.1) is 11.8 Å². The second-order valence-corrected chi connectivity index (χ2v) is 8.75. The van der Waals surface area contributed by atoms with Crippen LogP contribution in [0.3, 0.4) is 0 Å². The van der Waals surface area contributed by atoms with Crippen LogP contribution < -0.4 is 15.4 Å². The van der Waals surface area contributed by atoms with Gasteiger partial charge in [-0.2, -0.15) is 0 Å². The molecular weight excluding hydrogens is 390 g/mol. The Balaban J connectivity index is 1.84. The molecule has 2 N–H and O–H groups in total. The Morgan fingerprint density at radius 3 is 2.59 bits per heavy atom. The molecule has 0 bridgehead atoms. The summed E-state index contributed by atoms with van der Waals surface area (Å²) in [5.74, 6) is 1.01. The van der Waals surface area contributed by atoms with E-state index < -0.39 is 11.7 Å². The van der Waals surface area contributed by atoms with Gasteiger partial charge in [-0.25, -0.2) is 4.79 Å². The van der Waals surface area contributed by atoms with E-state index in [1.165, 1.54) is 7.11 Å². The number of thioether (sulfide) groups is 1. The maximum absolute atomic E-state index is 12.8. The first kappa shape index (κ1) is 21.0. The Labute approximate surface area is 174 Å². The average molecular weight is 416 g/mol. The number of nitrogens with one attached hydrogen (secondary N) is 2. The van der Waals surface area contributed by atoms with Gasteiger partial charge in [-0.1, -0.05) is 0 Å². The van der Waals surface area contributed by atoms with Crippen LogP contribution in [0.15, 0.2) is 41.6 Å². The Kier molecular flexibility index (Phi) is 6.32. The zero-order valence-corrected chi connectivity index (χ0v) is 17.8. The first-order chi connectivity index (χ1) is 13.8. The molecular formula is C21H25N3O4S. The van der Waals surface area contributed by atoms with Crippen LogP contribution in [0.4, 0.5) is 10.5 Å². The van der Waals surface area contributed by atoms with Crippen molar-refractivity contribution in [3.63, 3.8) is 0 Å². The minimum Gasteiger partial charge on any atom is -0.496 e. The van der Waals surface area contributed by atoms with Gasteiger partial charge in [0.1, 0.15) is 11.4 Å². The molecule has 3 rings (SSSR count). The van der Waals surface area contributed by atoms with Gasteiger partial charge in [0.05, 0.1) is 18.7 Å². The lowest BCUT2D eigenvalue weighted by atomic mass is 10.0. The van der Waals surface area contributed by atoms with Crippen LogP contribution in [0.25, 0.3) is 0 Å². The highest BCUT2D eigenvalue weighted by molar-refractivity contribution is 7.99. The number of hydrogen-bond acceptors (Lipinski definition) is 6. The first-order valence-corrected chi connectivity index (χ1v) is 10.3. The number of pyridine rings is 1. The van der Waals surface area contributed by atoms with Crippen LogP contribution in [0.1, 0.15) is 49.2 Å². The summed E-state index contributed by atoms with van der Waals surface area (Å²) in [5, 5.41) is 5.78. The third-order valence-corrected chi connectivity index (χ3v) is 5.35. The highest BCUT2D eigenvalue weighted by Crippen LogP contribution is 2.40. The van der Waals surface area contributed by atoms with E-state index in [0.717, 1.165) is 22.6 Å². The van der Waals surface area contributed by atoms with Gasteiger partial charge in [0, 0.05) is 28.7 Å². The van der Waals surface area contributed by atoms with E-state index in [1.54, 1.807) is 36.3 Å². The van der Waals surface area contributed by atoms with Crippen molar-refractivity contribution < 1.29 is 19.1 Å². The SMILES string of the molecule is COc1cc2c(cc1C(=O)Nc1ccncc1)SCCC2NC(=O)OC(C)(C)C. The minimum absolute atomic E-state index is 0.202. The number of benzene rings is 1. The molecule has 0 spiro atoms. The molecule has 1 aliphatic rings. The van der Waals surface area contributed by atoms with Crippen molar-refractivity contribution in [3.8, 4) is 5.75 Å². The molecule has 0 saturated heterocycles. The molecule has 1 aromatic heterocycles. The number of amides is 2. The summed E-state index contributed by atoms with van der Waals surface area (Å²) in [6, 6.07) is 6.88. The lowest BCUT2D eigenvalue weighted by Gasteiger charge is -2.28. The number of aromatic nitrogens is 1. The molecule has 0 radical (unpaired) electrons. The number of alkyl carbamates (subject to hydrolysis) is 1. The lowest BCUT2D eigenvalue weighted by molar-refractivity contribution is 0.0501. The zero-order valence-electron chi connectivity index (χ0n) is 16.9. The number of anilines is 1. The summed E-state index contributed by atoms with van der Waals surface area (Å²) in [5.41, 5.74) is 1.45. The van der Waals surface area contributed by atoms with Crippen LogP contribution >= 0.6 is 11.8 Å². The Bertz CT molecular complexity index is 897. The standard InChI is InChI=1S/C21H25N3O4S/c1-21(2,3)28-20(26)24-16-7-10-29-18-12-15(17(27-4)11-14(16)18)19(25)23-13-5-8-22-9-6-13/h5-6,8-9,11-12,16H,7,10H2,1-4H3,(H,24,26)(H,22,23,25). The third kappa shape index (κ3) is 5.41. The van der Waals surface area contributed by atoms with Gasteiger partial charge in [0.25, 0.3) is 5.91 Å². The van der Waals surface area contributed by atoms with Gasteiger partial charge in [0.15, 0.2) is 0 Å². The summed E-state index contributed by atoms with van der Waals surface area (Å²) < 4.78 is 10.9. The molecule has 1 atom stereocenters. The largest absolute Gasteiger partial charge is 0.496 e. The number of ether oxygens (including phenoxy) is 2. The van der Waals surface area contributed by atoms with Gasteiger partial charge < -0.3 is 20.1 Å². The van der Waals surface area contributed by atoms with Crippen LogP contribution in [0.2, 0.25) is 0 Å². The molecule has 2 heterocycles. The number of carbonyl (C=O) groups is 2. The van der Waals surface area contributed by atoms with Gasteiger partial charge >= 0.3 is 6.09 Å². The molecule has 0 aliphatic carbocycles. The highest BCUT2D eigenvalue weighted by atomic mass is 32.2. The van der Waals surface area contributed by atoms with Crippen molar-refractivity contribution >= 4 is 29.4 Å². The van der Waals surface area contributed by atoms with Crippen molar-refractivity contribution in [2.45, 2.75) is 43.7 Å². The van der Waals surface area contributed by atoms with Crippen molar-refractivity contribution in [3.05, 3.63) is 47.8 Å². The number of carbonyl (C=O) groups excluding carboxylic acids is 2. The maximum Gasteiger partial charge on any atom is 0.408 e. The molecule has 1 unspecified atom stereocenters. The van der Waals surface area contributed by atoms with Crippen molar-refractivity contribution in [2.75, 3.05) is 18.2 Å². The molecule has 1 aromatic carbocycles. The predicted octanol–water partition coefficient (Wildman–Crippen LogP) is 4.40. The predicted molar refractivity (Wildman–Crippen MR) is 113 cm³/mol. The Hall–Kier alpha value is -2.74. The molecule has 7 nitrogen and oxygen atoms in total. The lowest BCUT2D eigenvalue weighted by Crippen LogP contribution is -2.36. The van der Waals surface area contributed by atoms with Crippen molar-refractivity contribution in [1.29, 1.82) is 0 Å². The molecule has 29 heavy (non-hydrogen) atoms. The highest BCUT2D eigenvalue weighted by Gasteiger charge is 2.27. The Morgan fingerprint density at radius 2 is 1.93 bits per heavy atom. The van der Waals surface area contributed by atoms with E-state index in [0.29, 0.717) is 17.0 Å². The fraction of sp³-hybridized carbons (Fsp3) is 0.381. The summed E-state index contributed by atoms with van der Waals surface area (Å²) in [6.07, 6.45) is 3.53. The van der Waals surface area contributed by atoms with E-state index in [1.807, 2.05) is 32.9 Å². The monoisotopic (exact) mass is 415 g/mol. The first-order valence-electron chi connectivity index (χ1n) is 9.32. The second kappa shape index (κ2) is 8.73. The fourth-order valence-electron chi connectivity index (χ4n) is 2.99. The smallest absolute Gasteiger partial charge is 0.408 e. The van der Waals surface area contributed by atoms with E-state index in [4.69, 9.17) is 9.47 Å². The van der Waals surface area contributed by atoms with Crippen LogP contribution in [-0.2, 0) is 4.74 Å². The minimum atomic E-state index is -0.567. The summed E-state index contributed by atoms with van der Waals surface area (Å²) in [6.45, 7) is 5.48. The molecule has 0 fully saturated rings. The number of rotatable bonds is 4. The number of hydrogen-bond donors (Lipinski definition) is 2. The fourth-order valence-corrected chi connectivity index (χ4v) is 4.14. The number of methoxy groups -OCH3 is 1. The topological polar surface area (TPSA) is 89.5 Å². The van der Waals surface area contributed by atoms with Gasteiger partial charge in [-0.3, -0.25) is 9.78 Å². The van der Waals surface area contributed by atoms with Gasteiger partial charge in [-0.05, 0) is 57.0 Å². The zero-order chi connectivity index (χ0) is 21.0. The normalized spacial score (nSPS) is 15.8. The summed E-state index contributed by atoms with van der Waals surface area (Å²) in [4.78, 5) is 29.9. The van der Waals surface area contributed by atoms with E-state index in [2.05, 4.69) is 15.6 Å². The molecule has 0 saturated carbocycles. The molecule has 2 amide bonds. The van der Waals surface area contributed by atoms with Crippen molar-refractivity contribution in [1.82, 2.24) is 10.3 Å². The number of fused-ring (bicyclic) bond motifs is 1. The van der Waals surface area contributed by atoms with E-state index in [9.17, 15) is 9.59 Å². The quantitative estimate of drug-likeness (QED) is 0.769. The van der Waals surface area contributed by atoms with E-state index in [-0.39, 0.29) is 11.9 Å². The third-order valence-electron chi connectivity index (χ3n) is 4.25. The van der Waals surface area contributed by atoms with E-state index >= 15 is 0 Å². The molecule has 8 heteroatoms. The van der Waals surface area contributed by atoms with Crippen molar-refractivity contribution in [2.24, 2.45) is 0 Å².